The maximum Gasteiger partial charge on any atom is 0.197 e. The van der Waals surface area contributed by atoms with Crippen molar-refractivity contribution in [2.45, 2.75) is 25.2 Å². The minimum atomic E-state index is 0.680. The van der Waals surface area contributed by atoms with Gasteiger partial charge in [-0.15, -0.1) is 0 Å². The molecule has 1 aliphatic rings. The molecule has 4 heteroatoms. The molecule has 0 atom stereocenters. The largest absolute Gasteiger partial charge is 0.482 e. The lowest BCUT2D eigenvalue weighted by atomic mass is 10.3. The summed E-state index contributed by atoms with van der Waals surface area (Å²) in [6, 6.07) is 0. The number of rotatable bonds is 5. The lowest BCUT2D eigenvalue weighted by Crippen LogP contribution is -2.06. The summed E-state index contributed by atoms with van der Waals surface area (Å²) in [7, 11) is 0. The van der Waals surface area contributed by atoms with Crippen LogP contribution in [0.15, 0.2) is 5.51 Å². The maximum atomic E-state index is 5.59. The normalized spacial score (nSPS) is 16.1. The van der Waals surface area contributed by atoms with Crippen molar-refractivity contribution < 1.29 is 4.74 Å². The zero-order chi connectivity index (χ0) is 9.10. The van der Waals surface area contributed by atoms with Crippen LogP contribution in [0.5, 0.6) is 5.06 Å². The molecular formula is C9H14N2OS. The second-order valence-corrected chi connectivity index (χ2v) is 4.11. The fourth-order valence-corrected chi connectivity index (χ4v) is 1.98. The highest BCUT2D eigenvalue weighted by molar-refractivity contribution is 7.11. The van der Waals surface area contributed by atoms with Crippen molar-refractivity contribution in [1.29, 1.82) is 0 Å². The van der Waals surface area contributed by atoms with E-state index in [0.29, 0.717) is 12.5 Å². The van der Waals surface area contributed by atoms with Crippen LogP contribution in [0.25, 0.3) is 0 Å². The summed E-state index contributed by atoms with van der Waals surface area (Å²) in [5.74, 6) is 0.680. The zero-order valence-corrected chi connectivity index (χ0v) is 8.35. The summed E-state index contributed by atoms with van der Waals surface area (Å²) < 4.78 is 5.59. The molecule has 0 saturated heterocycles. The molecule has 0 radical (unpaired) electrons. The van der Waals surface area contributed by atoms with Gasteiger partial charge in [0.05, 0.1) is 17.8 Å². The van der Waals surface area contributed by atoms with Crippen LogP contribution in [0.2, 0.25) is 0 Å². The Morgan fingerprint density at radius 3 is 3.15 bits per heavy atom. The summed E-state index contributed by atoms with van der Waals surface area (Å²) in [5.41, 5.74) is 8.42. The Balaban J connectivity index is 1.90. The number of thiazole rings is 1. The third kappa shape index (κ3) is 2.19. The molecule has 0 unspecified atom stereocenters. The van der Waals surface area contributed by atoms with Gasteiger partial charge in [0, 0.05) is 5.92 Å². The van der Waals surface area contributed by atoms with Gasteiger partial charge in [-0.25, -0.2) is 4.98 Å². The lowest BCUT2D eigenvalue weighted by Gasteiger charge is -2.03. The summed E-state index contributed by atoms with van der Waals surface area (Å²) in [6.07, 6.45) is 3.47. The van der Waals surface area contributed by atoms with Gasteiger partial charge in [0.2, 0.25) is 0 Å². The zero-order valence-electron chi connectivity index (χ0n) is 7.53. The van der Waals surface area contributed by atoms with Crippen LogP contribution in [0, 0.1) is 0 Å². The smallest absolute Gasteiger partial charge is 0.197 e. The minimum Gasteiger partial charge on any atom is -0.482 e. The number of hydrogen-bond donors (Lipinski definition) is 1. The molecule has 3 nitrogen and oxygen atoms in total. The standard InChI is InChI=1S/C9H14N2OS/c10-4-1-5-12-9-8(7-2-3-7)11-6-13-9/h6-7H,1-5,10H2. The monoisotopic (exact) mass is 198 g/mol. The van der Waals surface area contributed by atoms with Crippen LogP contribution in [-0.2, 0) is 0 Å². The first-order valence-electron chi connectivity index (χ1n) is 4.68. The second kappa shape index (κ2) is 4.07. The van der Waals surface area contributed by atoms with Crippen molar-refractivity contribution in [3.8, 4) is 5.06 Å². The highest BCUT2D eigenvalue weighted by Crippen LogP contribution is 2.44. The molecule has 2 N–H and O–H groups in total. The molecule has 0 aliphatic heterocycles. The molecule has 1 aromatic rings. The highest BCUT2D eigenvalue weighted by atomic mass is 32.1. The molecule has 1 saturated carbocycles. The SMILES string of the molecule is NCCCOc1scnc1C1CC1. The Hall–Kier alpha value is -0.610. The van der Waals surface area contributed by atoms with Crippen LogP contribution in [-0.4, -0.2) is 18.1 Å². The molecule has 1 fully saturated rings. The van der Waals surface area contributed by atoms with E-state index in [1.807, 2.05) is 5.51 Å². The van der Waals surface area contributed by atoms with Gasteiger partial charge in [0.15, 0.2) is 5.06 Å². The van der Waals surface area contributed by atoms with E-state index >= 15 is 0 Å². The topological polar surface area (TPSA) is 48.1 Å². The molecule has 1 aromatic heterocycles. The Morgan fingerprint density at radius 2 is 2.46 bits per heavy atom. The van der Waals surface area contributed by atoms with Gasteiger partial charge in [-0.3, -0.25) is 0 Å². The van der Waals surface area contributed by atoms with E-state index in [0.717, 1.165) is 18.1 Å². The van der Waals surface area contributed by atoms with Gasteiger partial charge >= 0.3 is 0 Å². The van der Waals surface area contributed by atoms with Crippen LogP contribution in [0.4, 0.5) is 0 Å². The van der Waals surface area contributed by atoms with E-state index in [9.17, 15) is 0 Å². The minimum absolute atomic E-state index is 0.680. The van der Waals surface area contributed by atoms with Crippen molar-refractivity contribution in [2.24, 2.45) is 5.73 Å². The number of nitrogens with zero attached hydrogens (tertiary/aromatic N) is 1. The highest BCUT2D eigenvalue weighted by Gasteiger charge is 2.29. The van der Waals surface area contributed by atoms with Gasteiger partial charge in [-0.2, -0.15) is 0 Å². The van der Waals surface area contributed by atoms with Gasteiger partial charge in [-0.1, -0.05) is 11.3 Å². The second-order valence-electron chi connectivity index (χ2n) is 3.29. The molecular weight excluding hydrogens is 184 g/mol. The number of nitrogens with two attached hydrogens (primary N) is 1. The Labute approximate surface area is 81.9 Å². The molecule has 0 bridgehead atoms. The van der Waals surface area contributed by atoms with E-state index in [-0.39, 0.29) is 0 Å². The van der Waals surface area contributed by atoms with Gasteiger partial charge in [0.25, 0.3) is 0 Å². The summed E-state index contributed by atoms with van der Waals surface area (Å²) in [6.45, 7) is 1.41. The summed E-state index contributed by atoms with van der Waals surface area (Å²) >= 11 is 1.59. The van der Waals surface area contributed by atoms with Crippen molar-refractivity contribution >= 4 is 11.3 Å². The molecule has 72 valence electrons. The Bertz CT molecular complexity index is 270. The Kier molecular flexibility index (Phi) is 2.80. The van der Waals surface area contributed by atoms with E-state index < -0.39 is 0 Å². The van der Waals surface area contributed by atoms with E-state index in [2.05, 4.69) is 4.98 Å². The number of aromatic nitrogens is 1. The lowest BCUT2D eigenvalue weighted by molar-refractivity contribution is 0.318. The van der Waals surface area contributed by atoms with E-state index in [1.54, 1.807) is 11.3 Å². The van der Waals surface area contributed by atoms with Crippen molar-refractivity contribution in [3.63, 3.8) is 0 Å². The third-order valence-electron chi connectivity index (χ3n) is 2.11. The molecule has 13 heavy (non-hydrogen) atoms. The fourth-order valence-electron chi connectivity index (χ4n) is 1.23. The first-order valence-corrected chi connectivity index (χ1v) is 5.56. The third-order valence-corrected chi connectivity index (χ3v) is 2.86. The van der Waals surface area contributed by atoms with Crippen molar-refractivity contribution in [2.75, 3.05) is 13.2 Å². The van der Waals surface area contributed by atoms with Gasteiger partial charge in [0.1, 0.15) is 0 Å². The first-order chi connectivity index (χ1) is 6.42. The Morgan fingerprint density at radius 1 is 1.62 bits per heavy atom. The van der Waals surface area contributed by atoms with E-state index in [1.165, 1.54) is 18.5 Å². The van der Waals surface area contributed by atoms with Crippen LogP contribution in [0.3, 0.4) is 0 Å². The predicted octanol–water partition coefficient (Wildman–Crippen LogP) is 1.75. The van der Waals surface area contributed by atoms with Crippen LogP contribution >= 0.6 is 11.3 Å². The number of hydrogen-bond acceptors (Lipinski definition) is 4. The number of ether oxygens (including phenoxy) is 1. The quantitative estimate of drug-likeness (QED) is 0.733. The molecule has 0 aromatic carbocycles. The summed E-state index contributed by atoms with van der Waals surface area (Å²) in [4.78, 5) is 4.32. The average molecular weight is 198 g/mol. The van der Waals surface area contributed by atoms with Crippen LogP contribution in [0.1, 0.15) is 30.9 Å². The first kappa shape index (κ1) is 8.97. The summed E-state index contributed by atoms with van der Waals surface area (Å²) in [5, 5.41) is 1.01. The fraction of sp³-hybridized carbons (Fsp3) is 0.667. The van der Waals surface area contributed by atoms with Crippen LogP contribution < -0.4 is 10.5 Å². The molecule has 0 amide bonds. The molecule has 0 spiro atoms. The molecule has 2 rings (SSSR count). The van der Waals surface area contributed by atoms with Crippen molar-refractivity contribution in [3.05, 3.63) is 11.2 Å². The maximum absolute atomic E-state index is 5.59. The molecule has 1 heterocycles. The molecule has 1 aliphatic carbocycles. The van der Waals surface area contributed by atoms with E-state index in [4.69, 9.17) is 10.5 Å². The van der Waals surface area contributed by atoms with Crippen molar-refractivity contribution in [1.82, 2.24) is 4.98 Å². The van der Waals surface area contributed by atoms with Gasteiger partial charge in [-0.05, 0) is 25.8 Å². The predicted molar refractivity (Wildman–Crippen MR) is 53.3 cm³/mol. The average Bonchev–Trinajstić information content (AvgIpc) is 2.88. The van der Waals surface area contributed by atoms with Gasteiger partial charge < -0.3 is 10.5 Å².